The van der Waals surface area contributed by atoms with Crippen molar-refractivity contribution in [3.8, 4) is 17.1 Å². The summed E-state index contributed by atoms with van der Waals surface area (Å²) in [4.78, 5) is 19.2. The van der Waals surface area contributed by atoms with Crippen LogP contribution in [0.3, 0.4) is 0 Å². The summed E-state index contributed by atoms with van der Waals surface area (Å²) in [6.07, 6.45) is 0. The Balaban J connectivity index is 1.62. The van der Waals surface area contributed by atoms with Gasteiger partial charge >= 0.3 is 0 Å². The van der Waals surface area contributed by atoms with Crippen LogP contribution in [0.25, 0.3) is 22.3 Å². The Morgan fingerprint density at radius 2 is 1.70 bits per heavy atom. The van der Waals surface area contributed by atoms with Gasteiger partial charge in [-0.2, -0.15) is 0 Å². The molecule has 0 radical (unpaired) electrons. The number of benzene rings is 3. The smallest absolute Gasteiger partial charge is 0.259 e. The van der Waals surface area contributed by atoms with Crippen molar-refractivity contribution in [1.82, 2.24) is 9.97 Å². The van der Waals surface area contributed by atoms with E-state index in [1.165, 1.54) is 18.2 Å². The lowest BCUT2D eigenvalue weighted by Crippen LogP contribution is -2.09. The van der Waals surface area contributed by atoms with Gasteiger partial charge in [0.25, 0.3) is 5.56 Å². The normalized spacial score (nSPS) is 10.9. The highest BCUT2D eigenvalue weighted by Gasteiger charge is 2.11. The molecule has 4 rings (SSSR count). The molecule has 0 unspecified atom stereocenters. The van der Waals surface area contributed by atoms with Crippen LogP contribution in [-0.4, -0.2) is 9.97 Å². The third-order valence-corrected chi connectivity index (χ3v) is 4.16. The molecule has 0 bridgehead atoms. The quantitative estimate of drug-likeness (QED) is 0.582. The molecule has 0 saturated carbocycles. The van der Waals surface area contributed by atoms with Gasteiger partial charge in [0.1, 0.15) is 18.2 Å². The second-order valence-corrected chi connectivity index (χ2v) is 5.96. The minimum absolute atomic E-state index is 0.00913. The lowest BCUT2D eigenvalue weighted by atomic mass is 10.1. The minimum Gasteiger partial charge on any atom is -0.486 e. The lowest BCUT2D eigenvalue weighted by molar-refractivity contribution is 0.285. The number of hydrogen-bond acceptors (Lipinski definition) is 3. The van der Waals surface area contributed by atoms with Crippen molar-refractivity contribution in [3.05, 3.63) is 94.3 Å². The third-order valence-electron chi connectivity index (χ3n) is 4.16. The number of aromatic amines is 1. The number of hydrogen-bond donors (Lipinski definition) is 1. The molecule has 134 valence electrons. The first-order valence-electron chi connectivity index (χ1n) is 8.27. The Morgan fingerprint density at radius 1 is 0.926 bits per heavy atom. The van der Waals surface area contributed by atoms with E-state index in [4.69, 9.17) is 4.74 Å². The molecule has 0 atom stereocenters. The van der Waals surface area contributed by atoms with E-state index in [2.05, 4.69) is 9.97 Å². The number of nitrogens with zero attached hydrogens (tertiary/aromatic N) is 1. The molecule has 0 aliphatic rings. The molecule has 3 aromatic carbocycles. The zero-order chi connectivity index (χ0) is 18.8. The van der Waals surface area contributed by atoms with E-state index in [9.17, 15) is 13.6 Å². The maximum atomic E-state index is 14.4. The number of halogens is 2. The zero-order valence-electron chi connectivity index (χ0n) is 14.1. The van der Waals surface area contributed by atoms with E-state index < -0.39 is 11.6 Å². The fourth-order valence-electron chi connectivity index (χ4n) is 2.76. The Morgan fingerprint density at radius 3 is 2.52 bits per heavy atom. The number of rotatable bonds is 4. The number of nitrogens with one attached hydrogen (secondary N) is 1. The van der Waals surface area contributed by atoms with Crippen molar-refractivity contribution < 1.29 is 13.5 Å². The van der Waals surface area contributed by atoms with Gasteiger partial charge in [-0.1, -0.05) is 30.3 Å². The van der Waals surface area contributed by atoms with Gasteiger partial charge in [-0.15, -0.1) is 0 Å². The first kappa shape index (κ1) is 16.9. The van der Waals surface area contributed by atoms with Crippen molar-refractivity contribution in [2.75, 3.05) is 0 Å². The summed E-state index contributed by atoms with van der Waals surface area (Å²) in [7, 11) is 0. The van der Waals surface area contributed by atoms with Gasteiger partial charge < -0.3 is 9.72 Å². The summed E-state index contributed by atoms with van der Waals surface area (Å²) in [6.45, 7) is -0.0893. The molecule has 0 amide bonds. The van der Waals surface area contributed by atoms with Crippen LogP contribution in [0, 0.1) is 11.6 Å². The van der Waals surface area contributed by atoms with Gasteiger partial charge in [0.2, 0.25) is 0 Å². The van der Waals surface area contributed by atoms with E-state index in [0.717, 1.165) is 0 Å². The molecule has 1 heterocycles. The Hall–Kier alpha value is -3.54. The summed E-state index contributed by atoms with van der Waals surface area (Å²) in [5.74, 6) is -0.782. The predicted molar refractivity (Wildman–Crippen MR) is 98.5 cm³/mol. The molecule has 0 saturated heterocycles. The van der Waals surface area contributed by atoms with Crippen molar-refractivity contribution in [3.63, 3.8) is 0 Å². The van der Waals surface area contributed by atoms with Crippen LogP contribution in [-0.2, 0) is 6.61 Å². The molecule has 0 spiro atoms. The van der Waals surface area contributed by atoms with Crippen molar-refractivity contribution in [1.29, 1.82) is 0 Å². The van der Waals surface area contributed by atoms with Crippen molar-refractivity contribution >= 4 is 10.9 Å². The van der Waals surface area contributed by atoms with Crippen LogP contribution in [0.15, 0.2) is 71.5 Å². The maximum absolute atomic E-state index is 14.4. The average Bonchev–Trinajstić information content (AvgIpc) is 2.68. The van der Waals surface area contributed by atoms with Crippen LogP contribution in [0.4, 0.5) is 8.78 Å². The van der Waals surface area contributed by atoms with Gasteiger partial charge in [-0.05, 0) is 36.4 Å². The minimum atomic E-state index is -0.625. The fourth-order valence-corrected chi connectivity index (χ4v) is 2.76. The van der Waals surface area contributed by atoms with Gasteiger partial charge in [0, 0.05) is 11.1 Å². The number of H-pyrrole nitrogens is 1. The summed E-state index contributed by atoms with van der Waals surface area (Å²) in [5, 5.41) is 0.464. The van der Waals surface area contributed by atoms with Crippen LogP contribution in [0.5, 0.6) is 5.75 Å². The van der Waals surface area contributed by atoms with Crippen LogP contribution >= 0.6 is 0 Å². The summed E-state index contributed by atoms with van der Waals surface area (Å²) < 4.78 is 33.4. The predicted octanol–water partition coefficient (Wildman–Crippen LogP) is 4.45. The molecule has 4 nitrogen and oxygen atoms in total. The first-order valence-corrected chi connectivity index (χ1v) is 8.27. The number of aromatic nitrogens is 2. The Kier molecular flexibility index (Phi) is 4.38. The summed E-state index contributed by atoms with van der Waals surface area (Å²) in [6, 6.07) is 17.3. The molecule has 0 aliphatic carbocycles. The molecule has 27 heavy (non-hydrogen) atoms. The highest BCUT2D eigenvalue weighted by molar-refractivity contribution is 5.79. The number of fused-ring (bicyclic) bond motifs is 1. The lowest BCUT2D eigenvalue weighted by Gasteiger charge is -2.09. The second kappa shape index (κ2) is 6.99. The molecule has 4 aromatic rings. The molecular weight excluding hydrogens is 350 g/mol. The Bertz CT molecular complexity index is 1190. The topological polar surface area (TPSA) is 55.0 Å². The van der Waals surface area contributed by atoms with Crippen molar-refractivity contribution in [2.24, 2.45) is 0 Å². The van der Waals surface area contributed by atoms with Crippen LogP contribution < -0.4 is 10.3 Å². The molecule has 6 heteroatoms. The van der Waals surface area contributed by atoms with E-state index in [1.807, 2.05) is 0 Å². The van der Waals surface area contributed by atoms with Gasteiger partial charge in [-0.25, -0.2) is 13.8 Å². The van der Waals surface area contributed by atoms with Gasteiger partial charge in [0.15, 0.2) is 11.6 Å². The van der Waals surface area contributed by atoms with E-state index >= 15 is 0 Å². The standard InChI is InChI=1S/C21H14F2N2O2/c22-16-7-3-1-5-14(16)12-27-19-10-9-13(11-17(19)23)20-24-18-8-4-2-6-15(18)21(26)25-20/h1-11H,12H2,(H,24,25,26). The molecule has 1 N–H and O–H groups in total. The summed E-state index contributed by atoms with van der Waals surface area (Å²) >= 11 is 0. The zero-order valence-corrected chi connectivity index (χ0v) is 14.1. The highest BCUT2D eigenvalue weighted by Crippen LogP contribution is 2.25. The number of para-hydroxylation sites is 1. The van der Waals surface area contributed by atoms with Crippen molar-refractivity contribution in [2.45, 2.75) is 6.61 Å². The SMILES string of the molecule is O=c1[nH]c(-c2ccc(OCc3ccccc3F)c(F)c2)nc2ccccc12. The van der Waals surface area contributed by atoms with Crippen LogP contribution in [0.1, 0.15) is 5.56 Å². The Labute approximate surface area is 153 Å². The fraction of sp³-hybridized carbons (Fsp3) is 0.0476. The largest absolute Gasteiger partial charge is 0.486 e. The number of ether oxygens (including phenoxy) is 1. The second-order valence-electron chi connectivity index (χ2n) is 5.96. The van der Waals surface area contributed by atoms with E-state index in [-0.39, 0.29) is 23.7 Å². The molecular formula is C21H14F2N2O2. The molecule has 0 fully saturated rings. The summed E-state index contributed by atoms with van der Waals surface area (Å²) in [5.41, 5.74) is 0.975. The maximum Gasteiger partial charge on any atom is 0.259 e. The van der Waals surface area contributed by atoms with E-state index in [0.29, 0.717) is 22.0 Å². The first-order chi connectivity index (χ1) is 13.1. The third kappa shape index (κ3) is 3.42. The molecule has 0 aliphatic heterocycles. The average molecular weight is 364 g/mol. The highest BCUT2D eigenvalue weighted by atomic mass is 19.1. The van der Waals surface area contributed by atoms with Gasteiger partial charge in [-0.3, -0.25) is 4.79 Å². The van der Waals surface area contributed by atoms with Crippen LogP contribution in [0.2, 0.25) is 0 Å². The van der Waals surface area contributed by atoms with Gasteiger partial charge in [0.05, 0.1) is 10.9 Å². The monoisotopic (exact) mass is 364 g/mol. The van der Waals surface area contributed by atoms with E-state index in [1.54, 1.807) is 48.5 Å². The molecule has 1 aromatic heterocycles.